The van der Waals surface area contributed by atoms with Crippen LogP contribution in [0.3, 0.4) is 0 Å². The fourth-order valence-electron chi connectivity index (χ4n) is 1.98. The van der Waals surface area contributed by atoms with Crippen molar-refractivity contribution >= 4 is 21.9 Å². The lowest BCUT2D eigenvalue weighted by Gasteiger charge is -2.05. The molecule has 1 aromatic heterocycles. The van der Waals surface area contributed by atoms with Gasteiger partial charge in [-0.05, 0) is 49.6 Å². The van der Waals surface area contributed by atoms with Crippen molar-refractivity contribution in [3.8, 4) is 5.69 Å². The summed E-state index contributed by atoms with van der Waals surface area (Å²) >= 11 is 3.43. The zero-order chi connectivity index (χ0) is 14.0. The molecule has 2 aromatic rings. The summed E-state index contributed by atoms with van der Waals surface area (Å²) in [7, 11) is 0. The van der Waals surface area contributed by atoms with Crippen LogP contribution in [0.25, 0.3) is 5.69 Å². The van der Waals surface area contributed by atoms with Crippen LogP contribution in [-0.4, -0.2) is 20.9 Å². The summed E-state index contributed by atoms with van der Waals surface area (Å²) in [5, 5.41) is 13.2. The number of rotatable bonds is 4. The maximum Gasteiger partial charge on any atom is 0.303 e. The van der Waals surface area contributed by atoms with Crippen molar-refractivity contribution in [2.45, 2.75) is 26.7 Å². The highest BCUT2D eigenvalue weighted by molar-refractivity contribution is 9.10. The van der Waals surface area contributed by atoms with Crippen molar-refractivity contribution in [1.82, 2.24) is 9.78 Å². The number of carbonyl (C=O) groups is 1. The van der Waals surface area contributed by atoms with E-state index in [0.29, 0.717) is 6.42 Å². The Kier molecular flexibility index (Phi) is 4.04. The van der Waals surface area contributed by atoms with Crippen molar-refractivity contribution in [3.05, 3.63) is 45.7 Å². The van der Waals surface area contributed by atoms with E-state index in [0.717, 1.165) is 27.0 Å². The number of nitrogens with zero attached hydrogens (tertiary/aromatic N) is 2. The Hall–Kier alpha value is -1.62. The summed E-state index contributed by atoms with van der Waals surface area (Å²) < 4.78 is 2.85. The van der Waals surface area contributed by atoms with E-state index in [1.54, 1.807) is 0 Å². The molecule has 0 atom stereocenters. The van der Waals surface area contributed by atoms with E-state index in [4.69, 9.17) is 5.11 Å². The molecule has 0 radical (unpaired) electrons. The monoisotopic (exact) mass is 322 g/mol. The van der Waals surface area contributed by atoms with E-state index in [9.17, 15) is 4.79 Å². The lowest BCUT2D eigenvalue weighted by molar-refractivity contribution is -0.136. The van der Waals surface area contributed by atoms with Crippen LogP contribution in [0.4, 0.5) is 0 Å². The van der Waals surface area contributed by atoms with E-state index < -0.39 is 5.97 Å². The molecule has 0 bridgehead atoms. The first kappa shape index (κ1) is 13.8. The van der Waals surface area contributed by atoms with Gasteiger partial charge in [0, 0.05) is 17.1 Å². The average molecular weight is 323 g/mol. The predicted octanol–water partition coefficient (Wildman–Crippen LogP) is 3.27. The molecule has 0 amide bonds. The topological polar surface area (TPSA) is 55.1 Å². The molecule has 0 aliphatic rings. The molecule has 1 aromatic carbocycles. The van der Waals surface area contributed by atoms with Gasteiger partial charge in [0.15, 0.2) is 0 Å². The van der Waals surface area contributed by atoms with Gasteiger partial charge in [-0.15, -0.1) is 0 Å². The minimum absolute atomic E-state index is 0.131. The maximum atomic E-state index is 10.6. The summed E-state index contributed by atoms with van der Waals surface area (Å²) in [5.41, 5.74) is 3.97. The first-order chi connectivity index (χ1) is 8.97. The SMILES string of the molecule is Cc1cc(Br)ccc1-n1cc(CCC(=O)O)c(C)n1. The molecule has 1 N–H and O–H groups in total. The van der Waals surface area contributed by atoms with Crippen LogP contribution in [0.2, 0.25) is 0 Å². The molecule has 0 aliphatic carbocycles. The van der Waals surface area contributed by atoms with E-state index >= 15 is 0 Å². The molecule has 19 heavy (non-hydrogen) atoms. The molecular weight excluding hydrogens is 308 g/mol. The van der Waals surface area contributed by atoms with Gasteiger partial charge in [-0.2, -0.15) is 5.10 Å². The van der Waals surface area contributed by atoms with Gasteiger partial charge < -0.3 is 5.11 Å². The van der Waals surface area contributed by atoms with Crippen molar-refractivity contribution in [2.75, 3.05) is 0 Å². The number of hydrogen-bond donors (Lipinski definition) is 1. The average Bonchev–Trinajstić information content (AvgIpc) is 2.67. The summed E-state index contributed by atoms with van der Waals surface area (Å²) in [4.78, 5) is 10.6. The fraction of sp³-hybridized carbons (Fsp3) is 0.286. The van der Waals surface area contributed by atoms with E-state index in [2.05, 4.69) is 21.0 Å². The normalized spacial score (nSPS) is 10.7. The van der Waals surface area contributed by atoms with Gasteiger partial charge in [0.05, 0.1) is 11.4 Å². The van der Waals surface area contributed by atoms with Gasteiger partial charge in [-0.1, -0.05) is 15.9 Å². The molecule has 0 aliphatic heterocycles. The van der Waals surface area contributed by atoms with Crippen LogP contribution in [0.5, 0.6) is 0 Å². The van der Waals surface area contributed by atoms with Gasteiger partial charge in [-0.3, -0.25) is 4.79 Å². The molecule has 4 nitrogen and oxygen atoms in total. The van der Waals surface area contributed by atoms with Gasteiger partial charge in [0.2, 0.25) is 0 Å². The van der Waals surface area contributed by atoms with E-state index in [1.165, 1.54) is 0 Å². The zero-order valence-corrected chi connectivity index (χ0v) is 12.4. The summed E-state index contributed by atoms with van der Waals surface area (Å²) in [5.74, 6) is -0.785. The Morgan fingerprint density at radius 1 is 1.42 bits per heavy atom. The first-order valence-corrected chi connectivity index (χ1v) is 6.80. The maximum absolute atomic E-state index is 10.6. The van der Waals surface area contributed by atoms with E-state index in [-0.39, 0.29) is 6.42 Å². The molecule has 5 heteroatoms. The van der Waals surface area contributed by atoms with Crippen LogP contribution >= 0.6 is 15.9 Å². The first-order valence-electron chi connectivity index (χ1n) is 6.01. The molecule has 0 spiro atoms. The van der Waals surface area contributed by atoms with Crippen molar-refractivity contribution in [3.63, 3.8) is 0 Å². The minimum atomic E-state index is -0.785. The highest BCUT2D eigenvalue weighted by atomic mass is 79.9. The largest absolute Gasteiger partial charge is 0.481 e. The highest BCUT2D eigenvalue weighted by Gasteiger charge is 2.09. The quantitative estimate of drug-likeness (QED) is 0.939. The third-order valence-electron chi connectivity index (χ3n) is 3.01. The van der Waals surface area contributed by atoms with Gasteiger partial charge >= 0.3 is 5.97 Å². The Labute approximate surface area is 120 Å². The number of aliphatic carboxylic acids is 1. The van der Waals surface area contributed by atoms with Crippen LogP contribution in [0, 0.1) is 13.8 Å². The standard InChI is InChI=1S/C14H15BrN2O2/c1-9-7-12(15)4-5-13(9)17-8-11(10(2)16-17)3-6-14(18)19/h4-5,7-8H,3,6H2,1-2H3,(H,18,19). The number of hydrogen-bond acceptors (Lipinski definition) is 2. The lowest BCUT2D eigenvalue weighted by atomic mass is 10.1. The number of aryl methyl sites for hydroxylation is 3. The zero-order valence-electron chi connectivity index (χ0n) is 10.9. The van der Waals surface area contributed by atoms with Crippen molar-refractivity contribution in [2.24, 2.45) is 0 Å². The van der Waals surface area contributed by atoms with Crippen LogP contribution in [0.1, 0.15) is 23.2 Å². The number of carboxylic acids is 1. The third kappa shape index (κ3) is 3.23. The summed E-state index contributed by atoms with van der Waals surface area (Å²) in [6.45, 7) is 3.93. The smallest absolute Gasteiger partial charge is 0.303 e. The number of benzene rings is 1. The molecular formula is C14H15BrN2O2. The second kappa shape index (κ2) is 5.57. The van der Waals surface area contributed by atoms with E-state index in [1.807, 2.05) is 42.9 Å². The van der Waals surface area contributed by atoms with Gasteiger partial charge in [-0.25, -0.2) is 4.68 Å². The Morgan fingerprint density at radius 2 is 2.16 bits per heavy atom. The van der Waals surface area contributed by atoms with Crippen molar-refractivity contribution in [1.29, 1.82) is 0 Å². The number of carboxylic acid groups (broad SMARTS) is 1. The second-order valence-electron chi connectivity index (χ2n) is 4.51. The fourth-order valence-corrected chi connectivity index (χ4v) is 2.46. The Balaban J connectivity index is 2.31. The number of halogens is 1. The van der Waals surface area contributed by atoms with Crippen LogP contribution < -0.4 is 0 Å². The van der Waals surface area contributed by atoms with Gasteiger partial charge in [0.25, 0.3) is 0 Å². The molecule has 0 saturated heterocycles. The predicted molar refractivity (Wildman–Crippen MR) is 76.7 cm³/mol. The highest BCUT2D eigenvalue weighted by Crippen LogP contribution is 2.20. The molecule has 0 fully saturated rings. The van der Waals surface area contributed by atoms with Crippen LogP contribution in [0.15, 0.2) is 28.9 Å². The molecule has 2 rings (SSSR count). The number of aromatic nitrogens is 2. The molecule has 0 saturated carbocycles. The van der Waals surface area contributed by atoms with Gasteiger partial charge in [0.1, 0.15) is 0 Å². The lowest BCUT2D eigenvalue weighted by Crippen LogP contribution is -1.98. The third-order valence-corrected chi connectivity index (χ3v) is 3.51. The summed E-state index contributed by atoms with van der Waals surface area (Å²) in [6, 6.07) is 5.99. The van der Waals surface area contributed by atoms with Crippen molar-refractivity contribution < 1.29 is 9.90 Å². The summed E-state index contributed by atoms with van der Waals surface area (Å²) in [6.07, 6.45) is 2.55. The minimum Gasteiger partial charge on any atom is -0.481 e. The Morgan fingerprint density at radius 3 is 2.79 bits per heavy atom. The molecule has 100 valence electrons. The Bertz CT molecular complexity index is 620. The molecule has 1 heterocycles. The second-order valence-corrected chi connectivity index (χ2v) is 5.42. The van der Waals surface area contributed by atoms with Crippen LogP contribution in [-0.2, 0) is 11.2 Å². The molecule has 0 unspecified atom stereocenters.